The Bertz CT molecular complexity index is 63.2. The van der Waals surface area contributed by atoms with Gasteiger partial charge in [0.2, 0.25) is 6.40 Å². The Morgan fingerprint density at radius 1 is 1.83 bits per heavy atom. The van der Waals surface area contributed by atoms with Gasteiger partial charge in [-0.05, 0) is 0 Å². The van der Waals surface area contributed by atoms with Gasteiger partial charge in [0.1, 0.15) is 0 Å². The minimum Gasteiger partial charge on any atom is -0.439 e. The predicted molar refractivity (Wildman–Crippen MR) is 20.1 cm³/mol. The average Bonchev–Trinajstić information content (AvgIpc) is 1.86. The average molecular weight is 87.1 g/mol. The quantitative estimate of drug-likeness (QED) is 0.426. The van der Waals surface area contributed by atoms with E-state index in [-0.39, 0.29) is 6.29 Å². The van der Waals surface area contributed by atoms with Crippen molar-refractivity contribution < 1.29 is 9.57 Å². The highest BCUT2D eigenvalue weighted by Gasteiger charge is 2.02. The van der Waals surface area contributed by atoms with Gasteiger partial charge in [-0.1, -0.05) is 5.16 Å². The summed E-state index contributed by atoms with van der Waals surface area (Å²) in [6, 6.07) is 0. The van der Waals surface area contributed by atoms with Crippen LogP contribution in [0.5, 0.6) is 0 Å². The van der Waals surface area contributed by atoms with Crippen molar-refractivity contribution in [3.63, 3.8) is 0 Å². The molecule has 0 aromatic rings. The minimum absolute atomic E-state index is 0.176. The number of nitrogens with zero attached hydrogens (tertiary/aromatic N) is 1. The van der Waals surface area contributed by atoms with Crippen molar-refractivity contribution >= 4 is 6.40 Å². The fourth-order valence-electron chi connectivity index (χ4n) is 0.246. The first-order chi connectivity index (χ1) is 2.89. The zero-order valence-electron chi connectivity index (χ0n) is 3.42. The highest BCUT2D eigenvalue weighted by molar-refractivity contribution is 5.46. The van der Waals surface area contributed by atoms with E-state index >= 15 is 0 Å². The van der Waals surface area contributed by atoms with Crippen molar-refractivity contribution in [1.82, 2.24) is 0 Å². The van der Waals surface area contributed by atoms with Crippen molar-refractivity contribution in [2.75, 3.05) is 0 Å². The molecule has 0 aromatic carbocycles. The van der Waals surface area contributed by atoms with E-state index in [1.54, 1.807) is 6.92 Å². The second-order valence-corrected chi connectivity index (χ2v) is 1.02. The molecule has 0 saturated heterocycles. The lowest BCUT2D eigenvalue weighted by molar-refractivity contribution is -0.0304. The second kappa shape index (κ2) is 1.16. The fourth-order valence-corrected chi connectivity index (χ4v) is 0.246. The Hall–Kier alpha value is -0.730. The molecule has 1 unspecified atom stereocenters. The van der Waals surface area contributed by atoms with Crippen LogP contribution in [0.1, 0.15) is 6.92 Å². The summed E-state index contributed by atoms with van der Waals surface area (Å²) >= 11 is 0. The first-order valence-corrected chi connectivity index (χ1v) is 1.73. The molecule has 34 valence electrons. The van der Waals surface area contributed by atoms with Crippen LogP contribution in [0.2, 0.25) is 0 Å². The van der Waals surface area contributed by atoms with Gasteiger partial charge < -0.3 is 9.57 Å². The van der Waals surface area contributed by atoms with Gasteiger partial charge >= 0.3 is 0 Å². The molecule has 1 rings (SSSR count). The van der Waals surface area contributed by atoms with Crippen LogP contribution in [-0.2, 0) is 9.57 Å². The maximum atomic E-state index is 4.64. The molecule has 0 aromatic heterocycles. The van der Waals surface area contributed by atoms with Gasteiger partial charge in [0.15, 0.2) is 0 Å². The number of ether oxygens (including phenoxy) is 1. The largest absolute Gasteiger partial charge is 0.439 e. The van der Waals surface area contributed by atoms with Gasteiger partial charge in [0.25, 0.3) is 6.29 Å². The lowest BCUT2D eigenvalue weighted by Gasteiger charge is -1.94. The molecule has 0 spiro atoms. The van der Waals surface area contributed by atoms with E-state index in [0.29, 0.717) is 0 Å². The molecule has 0 N–H and O–H groups in total. The molecule has 1 aliphatic heterocycles. The molecule has 6 heavy (non-hydrogen) atoms. The number of oxime groups is 1. The highest BCUT2D eigenvalue weighted by Crippen LogP contribution is 1.96. The molecule has 3 nitrogen and oxygen atoms in total. The van der Waals surface area contributed by atoms with Crippen LogP contribution >= 0.6 is 0 Å². The number of hydrogen-bond donors (Lipinski definition) is 0. The van der Waals surface area contributed by atoms with Crippen LogP contribution in [0.15, 0.2) is 5.16 Å². The molecular weight excluding hydrogens is 82.0 g/mol. The Kier molecular flexibility index (Phi) is 0.670. The fraction of sp³-hybridized carbons (Fsp3) is 0.667. The molecule has 0 amide bonds. The van der Waals surface area contributed by atoms with E-state index in [2.05, 4.69) is 14.7 Å². The summed E-state index contributed by atoms with van der Waals surface area (Å²) in [4.78, 5) is 4.50. The summed E-state index contributed by atoms with van der Waals surface area (Å²) in [5.41, 5.74) is 0. The monoisotopic (exact) mass is 87.0 g/mol. The molecule has 0 aliphatic carbocycles. The Labute approximate surface area is 35.5 Å². The van der Waals surface area contributed by atoms with Gasteiger partial charge in [-0.2, -0.15) is 0 Å². The molecule has 0 radical (unpaired) electrons. The number of hydrogen-bond acceptors (Lipinski definition) is 3. The molecule has 0 bridgehead atoms. The summed E-state index contributed by atoms with van der Waals surface area (Å²) < 4.78 is 4.64. The summed E-state index contributed by atoms with van der Waals surface area (Å²) in [5.74, 6) is 0. The highest BCUT2D eigenvalue weighted by atomic mass is 16.8. The summed E-state index contributed by atoms with van der Waals surface area (Å²) in [5, 5.41) is 3.32. The van der Waals surface area contributed by atoms with Crippen molar-refractivity contribution in [3.05, 3.63) is 0 Å². The smallest absolute Gasteiger partial charge is 0.264 e. The summed E-state index contributed by atoms with van der Waals surface area (Å²) in [7, 11) is 0. The van der Waals surface area contributed by atoms with Crippen molar-refractivity contribution in [1.29, 1.82) is 0 Å². The van der Waals surface area contributed by atoms with Gasteiger partial charge in [-0.3, -0.25) is 0 Å². The maximum Gasteiger partial charge on any atom is 0.264 e. The summed E-state index contributed by atoms with van der Waals surface area (Å²) in [6.45, 7) is 1.77. The lowest BCUT2D eigenvalue weighted by Crippen LogP contribution is -1.98. The van der Waals surface area contributed by atoms with Gasteiger partial charge in [-0.25, -0.2) is 0 Å². The molecule has 1 aliphatic rings. The second-order valence-electron chi connectivity index (χ2n) is 1.02. The van der Waals surface area contributed by atoms with Gasteiger partial charge in [0, 0.05) is 6.92 Å². The summed E-state index contributed by atoms with van der Waals surface area (Å²) in [6.07, 6.45) is 1.11. The molecule has 1 heterocycles. The van der Waals surface area contributed by atoms with Crippen LogP contribution in [0.3, 0.4) is 0 Å². The topological polar surface area (TPSA) is 30.8 Å². The Morgan fingerprint density at radius 3 is 2.83 bits per heavy atom. The normalized spacial score (nSPS) is 29.2. The van der Waals surface area contributed by atoms with E-state index in [4.69, 9.17) is 0 Å². The van der Waals surface area contributed by atoms with Crippen LogP contribution in [-0.4, -0.2) is 12.7 Å². The van der Waals surface area contributed by atoms with Crippen LogP contribution < -0.4 is 0 Å². The van der Waals surface area contributed by atoms with E-state index in [1.807, 2.05) is 0 Å². The van der Waals surface area contributed by atoms with E-state index in [0.717, 1.165) is 0 Å². The third-order valence-electron chi connectivity index (χ3n) is 0.505. The SMILES string of the molecule is CC1OC=NO1. The molecule has 3 heteroatoms. The van der Waals surface area contributed by atoms with Crippen LogP contribution in [0.25, 0.3) is 0 Å². The first-order valence-electron chi connectivity index (χ1n) is 1.73. The molecule has 0 saturated carbocycles. The molecular formula is C3H5NO2. The maximum absolute atomic E-state index is 4.64. The Balaban J connectivity index is 2.32. The minimum atomic E-state index is -0.176. The van der Waals surface area contributed by atoms with E-state index in [9.17, 15) is 0 Å². The third kappa shape index (κ3) is 0.429. The van der Waals surface area contributed by atoms with Gasteiger partial charge in [0.05, 0.1) is 0 Å². The van der Waals surface area contributed by atoms with Crippen LogP contribution in [0.4, 0.5) is 0 Å². The van der Waals surface area contributed by atoms with Crippen molar-refractivity contribution in [2.24, 2.45) is 5.16 Å². The van der Waals surface area contributed by atoms with E-state index in [1.165, 1.54) is 6.40 Å². The van der Waals surface area contributed by atoms with Crippen LogP contribution in [0, 0.1) is 0 Å². The lowest BCUT2D eigenvalue weighted by atomic mass is 10.8. The first kappa shape index (κ1) is 3.46. The zero-order valence-corrected chi connectivity index (χ0v) is 3.42. The standard InChI is InChI=1S/C3H5NO2/c1-3-5-2-4-6-3/h2-3H,1H3. The molecule has 0 fully saturated rings. The predicted octanol–water partition coefficient (Wildman–Crippen LogP) is 0.323. The Morgan fingerprint density at radius 2 is 2.67 bits per heavy atom. The van der Waals surface area contributed by atoms with E-state index < -0.39 is 0 Å². The molecule has 1 atom stereocenters. The zero-order chi connectivity index (χ0) is 4.41. The van der Waals surface area contributed by atoms with Gasteiger partial charge in [-0.15, -0.1) is 0 Å². The third-order valence-corrected chi connectivity index (χ3v) is 0.505. The number of rotatable bonds is 0. The van der Waals surface area contributed by atoms with Crippen molar-refractivity contribution in [3.8, 4) is 0 Å². The van der Waals surface area contributed by atoms with Crippen molar-refractivity contribution in [2.45, 2.75) is 13.2 Å².